The van der Waals surface area contributed by atoms with Crippen molar-refractivity contribution in [2.24, 2.45) is 0 Å². The average molecular weight is 138 g/mol. The molecule has 0 fully saturated rings. The Morgan fingerprint density at radius 3 is 1.42 bits per heavy atom. The number of benzene rings is 1. The van der Waals surface area contributed by atoms with Gasteiger partial charge in [0, 0.05) is 0 Å². The second kappa shape index (κ2) is 7.20. The fourth-order valence-corrected chi connectivity index (χ4v) is 0.701. The largest absolute Gasteiger partial charge is 1.00 e. The molecule has 0 amide bonds. The predicted octanol–water partition coefficient (Wildman–Crippen LogP) is -4.43. The summed E-state index contributed by atoms with van der Waals surface area (Å²) in [6.45, 7) is 0. The third-order valence-corrected chi connectivity index (χ3v) is 1.20. The fourth-order valence-electron chi connectivity index (χ4n) is 0.701. The zero-order valence-corrected chi connectivity index (χ0v) is 7.31. The number of rotatable bonds is 0. The standard InChI is InChI=1S/C10H4.2Li/c1-3-9-7-5-6-8-10(9)4-2;;/h5-8H;;/q-2;2*+1. The summed E-state index contributed by atoms with van der Waals surface area (Å²) in [5.41, 5.74) is 1.22. The molecule has 0 atom stereocenters. The van der Waals surface area contributed by atoms with Crippen molar-refractivity contribution < 1.29 is 37.7 Å². The Bertz CT molecular complexity index is 282. The predicted molar refractivity (Wildman–Crippen MR) is 38.9 cm³/mol. The monoisotopic (exact) mass is 138 g/mol. The van der Waals surface area contributed by atoms with E-state index < -0.39 is 0 Å². The van der Waals surface area contributed by atoms with Gasteiger partial charge in [0.15, 0.2) is 0 Å². The van der Waals surface area contributed by atoms with Gasteiger partial charge in [-0.2, -0.15) is 11.1 Å². The Hall–Kier alpha value is -0.465. The van der Waals surface area contributed by atoms with E-state index >= 15 is 0 Å². The topological polar surface area (TPSA) is 0 Å². The summed E-state index contributed by atoms with van der Waals surface area (Å²) in [6.07, 6.45) is 13.6. The van der Waals surface area contributed by atoms with Crippen molar-refractivity contribution in [3.63, 3.8) is 0 Å². The van der Waals surface area contributed by atoms with Crippen LogP contribution in [-0.4, -0.2) is 0 Å². The zero-order chi connectivity index (χ0) is 7.40. The van der Waals surface area contributed by atoms with E-state index in [1.54, 1.807) is 24.3 Å². The normalized spacial score (nSPS) is 6.50. The summed E-state index contributed by atoms with van der Waals surface area (Å²) in [7, 11) is 0. The molecule has 0 spiro atoms. The zero-order valence-electron chi connectivity index (χ0n) is 7.31. The second-order valence-electron chi connectivity index (χ2n) is 1.80. The van der Waals surface area contributed by atoms with E-state index in [0.29, 0.717) is 11.1 Å². The van der Waals surface area contributed by atoms with Crippen molar-refractivity contribution >= 4 is 0 Å². The van der Waals surface area contributed by atoms with Crippen LogP contribution in [0.2, 0.25) is 0 Å². The van der Waals surface area contributed by atoms with Gasteiger partial charge in [0.2, 0.25) is 0 Å². The Morgan fingerprint density at radius 1 is 0.833 bits per heavy atom. The van der Waals surface area contributed by atoms with Crippen LogP contribution in [0.15, 0.2) is 24.3 Å². The first-order valence-corrected chi connectivity index (χ1v) is 2.83. The minimum Gasteiger partial charge on any atom is -0.367 e. The molecule has 2 heteroatoms. The first kappa shape index (κ1) is 14.1. The van der Waals surface area contributed by atoms with Crippen LogP contribution >= 0.6 is 0 Å². The maximum atomic E-state index is 6.81. The van der Waals surface area contributed by atoms with Crippen LogP contribution < -0.4 is 37.7 Å². The third kappa shape index (κ3) is 3.29. The van der Waals surface area contributed by atoms with Gasteiger partial charge >= 0.3 is 37.7 Å². The van der Waals surface area contributed by atoms with Crippen molar-refractivity contribution in [1.82, 2.24) is 0 Å². The van der Waals surface area contributed by atoms with Crippen LogP contribution in [0, 0.1) is 24.7 Å². The second-order valence-corrected chi connectivity index (χ2v) is 1.80. The van der Waals surface area contributed by atoms with Gasteiger partial charge in [0.05, 0.1) is 0 Å². The first-order valence-electron chi connectivity index (χ1n) is 2.83. The van der Waals surface area contributed by atoms with Crippen molar-refractivity contribution in [1.29, 1.82) is 0 Å². The quantitative estimate of drug-likeness (QED) is 0.193. The molecular weight excluding hydrogens is 134 g/mol. The molecule has 0 aliphatic heterocycles. The summed E-state index contributed by atoms with van der Waals surface area (Å²) in [5.74, 6) is 4.43. The molecule has 0 aliphatic carbocycles. The summed E-state index contributed by atoms with van der Waals surface area (Å²) in [4.78, 5) is 0. The molecule has 0 heterocycles. The molecule has 0 N–H and O–H groups in total. The van der Waals surface area contributed by atoms with E-state index in [1.165, 1.54) is 0 Å². The van der Waals surface area contributed by atoms with Crippen LogP contribution in [0.4, 0.5) is 0 Å². The Morgan fingerprint density at radius 2 is 1.17 bits per heavy atom. The van der Waals surface area contributed by atoms with Crippen molar-refractivity contribution in [3.05, 3.63) is 48.2 Å². The fraction of sp³-hybridized carbons (Fsp3) is 0. The van der Waals surface area contributed by atoms with Gasteiger partial charge in [0.25, 0.3) is 0 Å². The first-order chi connectivity index (χ1) is 4.88. The van der Waals surface area contributed by atoms with Crippen LogP contribution in [0.1, 0.15) is 11.1 Å². The molecule has 0 aromatic heterocycles. The van der Waals surface area contributed by atoms with Gasteiger partial charge in [-0.05, 0) is 0 Å². The van der Waals surface area contributed by atoms with Crippen LogP contribution in [-0.2, 0) is 0 Å². The molecule has 0 nitrogen and oxygen atoms in total. The van der Waals surface area contributed by atoms with E-state index in [1.807, 2.05) is 0 Å². The summed E-state index contributed by atoms with van der Waals surface area (Å²) < 4.78 is 0. The van der Waals surface area contributed by atoms with E-state index in [-0.39, 0.29) is 37.7 Å². The Balaban J connectivity index is 0. The SMILES string of the molecule is [C-]#Cc1ccccc1C#[C-].[Li+].[Li+]. The van der Waals surface area contributed by atoms with Crippen LogP contribution in [0.5, 0.6) is 0 Å². The van der Waals surface area contributed by atoms with Crippen molar-refractivity contribution in [2.45, 2.75) is 0 Å². The number of hydrogen-bond acceptors (Lipinski definition) is 0. The molecule has 0 saturated heterocycles. The van der Waals surface area contributed by atoms with Gasteiger partial charge in [-0.1, -0.05) is 12.1 Å². The van der Waals surface area contributed by atoms with E-state index in [9.17, 15) is 0 Å². The summed E-state index contributed by atoms with van der Waals surface area (Å²) >= 11 is 0. The molecule has 0 bridgehead atoms. The van der Waals surface area contributed by atoms with Gasteiger partial charge in [-0.25, -0.2) is 0 Å². The molecule has 0 radical (unpaired) electrons. The molecule has 0 unspecified atom stereocenters. The minimum absolute atomic E-state index is 0. The molecule has 1 rings (SSSR count). The minimum atomic E-state index is 0. The van der Waals surface area contributed by atoms with Gasteiger partial charge in [-0.3, -0.25) is 0 Å². The number of hydrogen-bond donors (Lipinski definition) is 0. The molecule has 46 valence electrons. The average Bonchev–Trinajstić information content (AvgIpc) is 2.04. The van der Waals surface area contributed by atoms with Gasteiger partial charge in [-0.15, -0.1) is 12.1 Å². The molecule has 1 aromatic carbocycles. The summed E-state index contributed by atoms with van der Waals surface area (Å²) in [5, 5.41) is 0. The maximum Gasteiger partial charge on any atom is 1.00 e. The Labute approximate surface area is 97.5 Å². The van der Waals surface area contributed by atoms with E-state index in [2.05, 4.69) is 11.8 Å². The maximum absolute atomic E-state index is 6.81. The van der Waals surface area contributed by atoms with Crippen molar-refractivity contribution in [2.75, 3.05) is 0 Å². The Kier molecular flexibility index (Phi) is 8.45. The summed E-state index contributed by atoms with van der Waals surface area (Å²) in [6, 6.07) is 7.06. The van der Waals surface area contributed by atoms with E-state index in [4.69, 9.17) is 12.8 Å². The van der Waals surface area contributed by atoms with Gasteiger partial charge in [0.1, 0.15) is 0 Å². The molecule has 0 saturated carbocycles. The van der Waals surface area contributed by atoms with Crippen LogP contribution in [0.25, 0.3) is 0 Å². The molecule has 1 aromatic rings. The molecule has 12 heavy (non-hydrogen) atoms. The van der Waals surface area contributed by atoms with Crippen LogP contribution in [0.3, 0.4) is 0 Å². The van der Waals surface area contributed by atoms with Gasteiger partial charge < -0.3 is 24.7 Å². The third-order valence-electron chi connectivity index (χ3n) is 1.20. The molecular formula is C10H4Li2. The molecule has 0 aliphatic rings. The smallest absolute Gasteiger partial charge is 0.367 e. The van der Waals surface area contributed by atoms with E-state index in [0.717, 1.165) is 0 Å². The van der Waals surface area contributed by atoms with Crippen molar-refractivity contribution in [3.8, 4) is 11.8 Å².